The number of likely N-dealkylation sites (tertiary alicyclic amines) is 1. The Labute approximate surface area is 162 Å². The number of guanidine groups is 1. The van der Waals surface area contributed by atoms with E-state index < -0.39 is 0 Å². The summed E-state index contributed by atoms with van der Waals surface area (Å²) in [5.74, 6) is 1.06. The second-order valence-electron chi connectivity index (χ2n) is 7.64. The lowest BCUT2D eigenvalue weighted by Gasteiger charge is -2.24. The van der Waals surface area contributed by atoms with Crippen LogP contribution in [0.2, 0.25) is 0 Å². The smallest absolute Gasteiger partial charge is 0.222 e. The number of ether oxygens (including phenoxy) is 1. The van der Waals surface area contributed by atoms with Gasteiger partial charge >= 0.3 is 0 Å². The Bertz CT molecular complexity index is 668. The zero-order valence-electron chi connectivity index (χ0n) is 16.6. The molecule has 27 heavy (non-hydrogen) atoms. The fourth-order valence-corrected chi connectivity index (χ4v) is 3.70. The molecule has 1 aromatic rings. The van der Waals surface area contributed by atoms with Gasteiger partial charge in [-0.05, 0) is 44.2 Å². The number of rotatable bonds is 7. The van der Waals surface area contributed by atoms with Crippen molar-refractivity contribution in [1.29, 1.82) is 0 Å². The minimum atomic E-state index is -0.107. The molecule has 3 rings (SSSR count). The lowest BCUT2D eigenvalue weighted by molar-refractivity contribution is -0.128. The minimum Gasteiger partial charge on any atom is -0.373 e. The summed E-state index contributed by atoms with van der Waals surface area (Å²) in [4.78, 5) is 18.7. The molecule has 6 nitrogen and oxygen atoms in total. The van der Waals surface area contributed by atoms with Crippen molar-refractivity contribution in [2.24, 2.45) is 4.99 Å². The van der Waals surface area contributed by atoms with Crippen LogP contribution < -0.4 is 10.6 Å². The third-order valence-corrected chi connectivity index (χ3v) is 5.33. The van der Waals surface area contributed by atoms with E-state index in [2.05, 4.69) is 36.6 Å². The summed E-state index contributed by atoms with van der Waals surface area (Å²) in [6.07, 6.45) is 3.84. The first-order chi connectivity index (χ1) is 13.1. The van der Waals surface area contributed by atoms with Crippen molar-refractivity contribution in [3.63, 3.8) is 0 Å². The average Bonchev–Trinajstić information content (AvgIpc) is 3.28. The highest BCUT2D eigenvalue weighted by Crippen LogP contribution is 2.24. The van der Waals surface area contributed by atoms with Crippen LogP contribution in [0.4, 0.5) is 0 Å². The van der Waals surface area contributed by atoms with Gasteiger partial charge in [-0.15, -0.1) is 0 Å². The molecular formula is C21H32N4O2. The van der Waals surface area contributed by atoms with Crippen LogP contribution >= 0.6 is 0 Å². The molecule has 0 aromatic heterocycles. The van der Waals surface area contributed by atoms with Crippen LogP contribution in [0.15, 0.2) is 29.3 Å². The number of carbonyl (C=O) groups is 1. The van der Waals surface area contributed by atoms with Crippen LogP contribution in [0.5, 0.6) is 0 Å². The third kappa shape index (κ3) is 5.45. The fraction of sp³-hybridized carbons (Fsp3) is 0.619. The molecule has 0 radical (unpaired) electrons. The van der Waals surface area contributed by atoms with E-state index in [0.717, 1.165) is 57.0 Å². The average molecular weight is 373 g/mol. The maximum atomic E-state index is 11.9. The normalized spacial score (nSPS) is 23.1. The number of nitrogens with one attached hydrogen (secondary N) is 2. The van der Waals surface area contributed by atoms with Crippen LogP contribution in [0.1, 0.15) is 50.7 Å². The van der Waals surface area contributed by atoms with Crippen LogP contribution in [-0.2, 0) is 22.6 Å². The summed E-state index contributed by atoms with van der Waals surface area (Å²) in [7, 11) is 0. The van der Waals surface area contributed by atoms with Crippen LogP contribution in [0, 0.1) is 0 Å². The monoisotopic (exact) mass is 372 g/mol. The molecule has 2 N–H and O–H groups in total. The molecular weight excluding hydrogens is 340 g/mol. The molecule has 2 aliphatic heterocycles. The Morgan fingerprint density at radius 1 is 1.26 bits per heavy atom. The highest BCUT2D eigenvalue weighted by Gasteiger charge is 2.29. The van der Waals surface area contributed by atoms with E-state index in [-0.39, 0.29) is 11.5 Å². The van der Waals surface area contributed by atoms with Crippen LogP contribution in [-0.4, -0.2) is 48.6 Å². The van der Waals surface area contributed by atoms with E-state index in [9.17, 15) is 4.79 Å². The van der Waals surface area contributed by atoms with Crippen molar-refractivity contribution in [1.82, 2.24) is 15.5 Å². The Kier molecular flexibility index (Phi) is 6.72. The molecule has 148 valence electrons. The van der Waals surface area contributed by atoms with Gasteiger partial charge in [0.2, 0.25) is 5.91 Å². The lowest BCUT2D eigenvalue weighted by atomic mass is 10.0. The number of hydrogen-bond acceptors (Lipinski definition) is 3. The number of amides is 1. The summed E-state index contributed by atoms with van der Waals surface area (Å²) in [5.41, 5.74) is 2.24. The molecule has 2 heterocycles. The predicted octanol–water partition coefficient (Wildman–Crippen LogP) is 2.43. The van der Waals surface area contributed by atoms with Gasteiger partial charge in [-0.3, -0.25) is 4.79 Å². The van der Waals surface area contributed by atoms with Gasteiger partial charge in [-0.2, -0.15) is 0 Å². The van der Waals surface area contributed by atoms with Gasteiger partial charge in [0.15, 0.2) is 5.96 Å². The van der Waals surface area contributed by atoms with Crippen molar-refractivity contribution >= 4 is 11.9 Å². The Morgan fingerprint density at radius 2 is 2.07 bits per heavy atom. The standard InChI is InChI=1S/C21H32N4O2/c1-3-22-20(24-16-21(2)11-7-13-27-21)23-14-17-8-4-5-9-18(17)15-25-12-6-10-19(25)26/h4-5,8-9H,3,6-7,10-16H2,1-2H3,(H2,22,23,24). The number of nitrogens with zero attached hydrogens (tertiary/aromatic N) is 2. The van der Waals surface area contributed by atoms with Crippen molar-refractivity contribution in [2.75, 3.05) is 26.2 Å². The molecule has 1 amide bonds. The van der Waals surface area contributed by atoms with Crippen LogP contribution in [0.3, 0.4) is 0 Å². The second-order valence-corrected chi connectivity index (χ2v) is 7.64. The Balaban J connectivity index is 1.63. The van der Waals surface area contributed by atoms with Gasteiger partial charge in [0.05, 0.1) is 12.1 Å². The zero-order valence-corrected chi connectivity index (χ0v) is 16.6. The van der Waals surface area contributed by atoms with Gasteiger partial charge in [0, 0.05) is 39.2 Å². The molecule has 6 heteroatoms. The third-order valence-electron chi connectivity index (χ3n) is 5.33. The quantitative estimate of drug-likeness (QED) is 0.570. The van der Waals surface area contributed by atoms with Crippen molar-refractivity contribution in [2.45, 2.75) is 58.2 Å². The van der Waals surface area contributed by atoms with E-state index in [0.29, 0.717) is 19.5 Å². The first kappa shape index (κ1) is 19.7. The van der Waals surface area contributed by atoms with Crippen molar-refractivity contribution in [3.05, 3.63) is 35.4 Å². The number of hydrogen-bond donors (Lipinski definition) is 2. The van der Waals surface area contributed by atoms with Gasteiger partial charge in [-0.1, -0.05) is 24.3 Å². The van der Waals surface area contributed by atoms with Gasteiger partial charge in [0.1, 0.15) is 0 Å². The minimum absolute atomic E-state index is 0.107. The first-order valence-electron chi connectivity index (χ1n) is 10.1. The van der Waals surface area contributed by atoms with E-state index in [1.807, 2.05) is 17.0 Å². The van der Waals surface area contributed by atoms with E-state index in [4.69, 9.17) is 9.73 Å². The Hall–Kier alpha value is -2.08. The largest absolute Gasteiger partial charge is 0.373 e. The van der Waals surface area contributed by atoms with E-state index in [1.54, 1.807) is 0 Å². The molecule has 1 atom stereocenters. The van der Waals surface area contributed by atoms with Gasteiger partial charge < -0.3 is 20.3 Å². The molecule has 1 aromatic carbocycles. The Morgan fingerprint density at radius 3 is 2.74 bits per heavy atom. The summed E-state index contributed by atoms with van der Waals surface area (Å²) < 4.78 is 5.85. The predicted molar refractivity (Wildman–Crippen MR) is 108 cm³/mol. The summed E-state index contributed by atoms with van der Waals surface area (Å²) in [5, 5.41) is 6.73. The van der Waals surface area contributed by atoms with Crippen molar-refractivity contribution in [3.8, 4) is 0 Å². The number of benzene rings is 1. The molecule has 0 aliphatic carbocycles. The fourth-order valence-electron chi connectivity index (χ4n) is 3.70. The van der Waals surface area contributed by atoms with Gasteiger partial charge in [-0.25, -0.2) is 4.99 Å². The van der Waals surface area contributed by atoms with Gasteiger partial charge in [0.25, 0.3) is 0 Å². The maximum Gasteiger partial charge on any atom is 0.222 e. The zero-order chi connectivity index (χ0) is 19.1. The summed E-state index contributed by atoms with van der Waals surface area (Å²) in [6, 6.07) is 8.27. The molecule has 0 bridgehead atoms. The summed E-state index contributed by atoms with van der Waals surface area (Å²) >= 11 is 0. The van der Waals surface area contributed by atoms with E-state index >= 15 is 0 Å². The molecule has 2 saturated heterocycles. The van der Waals surface area contributed by atoms with Crippen molar-refractivity contribution < 1.29 is 9.53 Å². The molecule has 0 spiro atoms. The summed E-state index contributed by atoms with van der Waals surface area (Å²) in [6.45, 7) is 8.76. The lowest BCUT2D eigenvalue weighted by Crippen LogP contribution is -2.45. The molecule has 2 fully saturated rings. The SMILES string of the molecule is CCNC(=NCc1ccccc1CN1CCCC1=O)NCC1(C)CCCO1. The molecule has 2 aliphatic rings. The maximum absolute atomic E-state index is 11.9. The second kappa shape index (κ2) is 9.22. The highest BCUT2D eigenvalue weighted by atomic mass is 16.5. The number of carbonyl (C=O) groups excluding carboxylic acids is 1. The molecule has 1 unspecified atom stereocenters. The van der Waals surface area contributed by atoms with Crippen LogP contribution in [0.25, 0.3) is 0 Å². The topological polar surface area (TPSA) is 66.0 Å². The highest BCUT2D eigenvalue weighted by molar-refractivity contribution is 5.80. The number of aliphatic imine (C=N–C) groups is 1. The van der Waals surface area contributed by atoms with E-state index in [1.165, 1.54) is 5.56 Å². The first-order valence-corrected chi connectivity index (χ1v) is 10.1. The molecule has 0 saturated carbocycles.